The Balaban J connectivity index is 2.32. The summed E-state index contributed by atoms with van der Waals surface area (Å²) < 4.78 is 9.99. The highest BCUT2D eigenvalue weighted by Gasteiger charge is 2.12. The van der Waals surface area contributed by atoms with Gasteiger partial charge in [0.1, 0.15) is 5.75 Å². The zero-order chi connectivity index (χ0) is 14.1. The third kappa shape index (κ3) is 5.72. The van der Waals surface area contributed by atoms with Crippen molar-refractivity contribution in [3.8, 4) is 5.75 Å². The molecule has 0 aliphatic rings. The number of hydrogen-bond acceptors (Lipinski definition) is 4. The fourth-order valence-electron chi connectivity index (χ4n) is 1.64. The Hall–Kier alpha value is -1.59. The van der Waals surface area contributed by atoms with Crippen molar-refractivity contribution in [1.29, 1.82) is 0 Å². The zero-order valence-corrected chi connectivity index (χ0v) is 11.5. The van der Waals surface area contributed by atoms with Crippen LogP contribution in [0.4, 0.5) is 0 Å². The molecule has 19 heavy (non-hydrogen) atoms. The molecule has 0 bridgehead atoms. The molecule has 0 saturated carbocycles. The number of nitrogens with one attached hydrogen (secondary N) is 1. The highest BCUT2D eigenvalue weighted by molar-refractivity contribution is 5.81. The van der Waals surface area contributed by atoms with E-state index in [0.717, 1.165) is 17.7 Å². The first-order valence-corrected chi connectivity index (χ1v) is 6.32. The number of rotatable bonds is 8. The van der Waals surface area contributed by atoms with E-state index in [1.54, 1.807) is 14.2 Å². The molecule has 106 valence electrons. The molecule has 5 nitrogen and oxygen atoms in total. The Morgan fingerprint density at radius 2 is 2.00 bits per heavy atom. The van der Waals surface area contributed by atoms with E-state index < -0.39 is 6.04 Å². The van der Waals surface area contributed by atoms with Crippen molar-refractivity contribution >= 4 is 5.91 Å². The van der Waals surface area contributed by atoms with Crippen molar-refractivity contribution < 1.29 is 14.3 Å². The molecule has 0 aliphatic carbocycles. The topological polar surface area (TPSA) is 73.6 Å². The highest BCUT2D eigenvalue weighted by Crippen LogP contribution is 2.10. The molecule has 1 amide bonds. The molecule has 1 unspecified atom stereocenters. The van der Waals surface area contributed by atoms with E-state index in [1.165, 1.54) is 0 Å². The maximum absolute atomic E-state index is 11.7. The number of benzene rings is 1. The van der Waals surface area contributed by atoms with Crippen LogP contribution in [0.15, 0.2) is 24.3 Å². The van der Waals surface area contributed by atoms with E-state index in [1.807, 2.05) is 24.3 Å². The maximum Gasteiger partial charge on any atom is 0.237 e. The highest BCUT2D eigenvalue weighted by atomic mass is 16.5. The van der Waals surface area contributed by atoms with Crippen LogP contribution in [0.3, 0.4) is 0 Å². The third-order valence-corrected chi connectivity index (χ3v) is 2.83. The molecule has 1 aromatic carbocycles. The minimum Gasteiger partial charge on any atom is -0.497 e. The molecular formula is C14H22N2O3. The predicted octanol–water partition coefficient (Wildman–Crippen LogP) is 1.07. The molecular weight excluding hydrogens is 244 g/mol. The lowest BCUT2D eigenvalue weighted by Gasteiger charge is -2.12. The third-order valence-electron chi connectivity index (χ3n) is 2.83. The summed E-state index contributed by atoms with van der Waals surface area (Å²) >= 11 is 0. The van der Waals surface area contributed by atoms with Gasteiger partial charge in [0.25, 0.3) is 0 Å². The van der Waals surface area contributed by atoms with Gasteiger partial charge in [-0.2, -0.15) is 0 Å². The minimum atomic E-state index is -0.478. The summed E-state index contributed by atoms with van der Waals surface area (Å²) in [7, 11) is 3.26. The van der Waals surface area contributed by atoms with Crippen molar-refractivity contribution in [3.05, 3.63) is 29.8 Å². The van der Waals surface area contributed by atoms with Gasteiger partial charge in [-0.25, -0.2) is 0 Å². The molecule has 1 rings (SSSR count). The lowest BCUT2D eigenvalue weighted by Crippen LogP contribution is -2.40. The number of carbonyl (C=O) groups excluding carboxylic acids is 1. The van der Waals surface area contributed by atoms with E-state index >= 15 is 0 Å². The second-order valence-corrected chi connectivity index (χ2v) is 4.31. The van der Waals surface area contributed by atoms with Crippen LogP contribution in [0, 0.1) is 0 Å². The Bertz CT molecular complexity index is 379. The van der Waals surface area contributed by atoms with Gasteiger partial charge in [-0.05, 0) is 30.5 Å². The monoisotopic (exact) mass is 266 g/mol. The smallest absolute Gasteiger partial charge is 0.237 e. The van der Waals surface area contributed by atoms with Gasteiger partial charge < -0.3 is 20.5 Å². The molecule has 1 aromatic rings. The van der Waals surface area contributed by atoms with Gasteiger partial charge in [0.2, 0.25) is 5.91 Å². The van der Waals surface area contributed by atoms with Gasteiger partial charge in [-0.15, -0.1) is 0 Å². The largest absolute Gasteiger partial charge is 0.497 e. The van der Waals surface area contributed by atoms with Crippen LogP contribution in [-0.4, -0.2) is 32.8 Å². The lowest BCUT2D eigenvalue weighted by atomic mass is 10.1. The van der Waals surface area contributed by atoms with Gasteiger partial charge in [-0.3, -0.25) is 4.79 Å². The number of ether oxygens (including phenoxy) is 2. The molecule has 0 saturated heterocycles. The van der Waals surface area contributed by atoms with Gasteiger partial charge in [0, 0.05) is 20.3 Å². The second kappa shape index (κ2) is 8.50. The fraction of sp³-hybridized carbons (Fsp3) is 0.500. The van der Waals surface area contributed by atoms with Crippen molar-refractivity contribution in [2.45, 2.75) is 25.4 Å². The van der Waals surface area contributed by atoms with Gasteiger partial charge in [0.05, 0.1) is 13.2 Å². The molecule has 1 atom stereocenters. The SMILES string of the molecule is COCCCC(N)C(=O)NCc1ccc(OC)cc1. The standard InChI is InChI=1S/C14H22N2O3/c1-18-9-3-4-13(15)14(17)16-10-11-5-7-12(19-2)8-6-11/h5-8,13H,3-4,9-10,15H2,1-2H3,(H,16,17). The maximum atomic E-state index is 11.7. The summed E-state index contributed by atoms with van der Waals surface area (Å²) in [5.41, 5.74) is 6.79. The van der Waals surface area contributed by atoms with Crippen molar-refractivity contribution in [2.24, 2.45) is 5.73 Å². The van der Waals surface area contributed by atoms with Crippen LogP contribution in [0.25, 0.3) is 0 Å². The fourth-order valence-corrected chi connectivity index (χ4v) is 1.64. The van der Waals surface area contributed by atoms with Gasteiger partial charge in [-0.1, -0.05) is 12.1 Å². The first-order valence-electron chi connectivity index (χ1n) is 6.32. The van der Waals surface area contributed by atoms with E-state index in [0.29, 0.717) is 19.6 Å². The number of carbonyl (C=O) groups is 1. The van der Waals surface area contributed by atoms with E-state index in [2.05, 4.69) is 5.32 Å². The first-order chi connectivity index (χ1) is 9.17. The predicted molar refractivity (Wildman–Crippen MR) is 73.9 cm³/mol. The van der Waals surface area contributed by atoms with E-state index in [-0.39, 0.29) is 5.91 Å². The molecule has 0 heterocycles. The van der Waals surface area contributed by atoms with Gasteiger partial charge in [0.15, 0.2) is 0 Å². The molecule has 0 aliphatic heterocycles. The summed E-state index contributed by atoms with van der Waals surface area (Å²) in [4.78, 5) is 11.7. The van der Waals surface area contributed by atoms with Crippen LogP contribution in [0.1, 0.15) is 18.4 Å². The molecule has 0 fully saturated rings. The van der Waals surface area contributed by atoms with Crippen LogP contribution < -0.4 is 15.8 Å². The van der Waals surface area contributed by atoms with Crippen LogP contribution in [0.5, 0.6) is 5.75 Å². The summed E-state index contributed by atoms with van der Waals surface area (Å²) in [6.45, 7) is 1.10. The molecule has 5 heteroatoms. The van der Waals surface area contributed by atoms with Crippen molar-refractivity contribution in [1.82, 2.24) is 5.32 Å². The van der Waals surface area contributed by atoms with Crippen LogP contribution >= 0.6 is 0 Å². The van der Waals surface area contributed by atoms with E-state index in [4.69, 9.17) is 15.2 Å². The van der Waals surface area contributed by atoms with Gasteiger partial charge >= 0.3 is 0 Å². The Labute approximate surface area is 114 Å². The number of methoxy groups -OCH3 is 2. The summed E-state index contributed by atoms with van der Waals surface area (Å²) in [6, 6.07) is 7.07. The van der Waals surface area contributed by atoms with Crippen LogP contribution in [0.2, 0.25) is 0 Å². The number of amides is 1. The average Bonchev–Trinajstić information content (AvgIpc) is 2.45. The van der Waals surface area contributed by atoms with Crippen molar-refractivity contribution in [2.75, 3.05) is 20.8 Å². The quantitative estimate of drug-likeness (QED) is 0.690. The summed E-state index contributed by atoms with van der Waals surface area (Å²) in [6.07, 6.45) is 1.41. The average molecular weight is 266 g/mol. The van der Waals surface area contributed by atoms with E-state index in [9.17, 15) is 4.79 Å². The molecule has 3 N–H and O–H groups in total. The Morgan fingerprint density at radius 3 is 2.58 bits per heavy atom. The number of hydrogen-bond donors (Lipinski definition) is 2. The first kappa shape index (κ1) is 15.5. The molecule has 0 aromatic heterocycles. The molecule has 0 spiro atoms. The molecule has 0 radical (unpaired) electrons. The van der Waals surface area contributed by atoms with Crippen LogP contribution in [-0.2, 0) is 16.1 Å². The summed E-state index contributed by atoms with van der Waals surface area (Å²) in [5.74, 6) is 0.665. The normalized spacial score (nSPS) is 11.9. The minimum absolute atomic E-state index is 0.132. The summed E-state index contributed by atoms with van der Waals surface area (Å²) in [5, 5.41) is 2.82. The second-order valence-electron chi connectivity index (χ2n) is 4.31. The Morgan fingerprint density at radius 1 is 1.32 bits per heavy atom. The van der Waals surface area contributed by atoms with Crippen molar-refractivity contribution in [3.63, 3.8) is 0 Å². The lowest BCUT2D eigenvalue weighted by molar-refractivity contribution is -0.122. The zero-order valence-electron chi connectivity index (χ0n) is 11.5. The number of nitrogens with two attached hydrogens (primary N) is 1. The Kier molecular flexibility index (Phi) is 6.92.